The van der Waals surface area contributed by atoms with E-state index in [0.717, 1.165) is 0 Å². The third-order valence-electron chi connectivity index (χ3n) is 1.24. The molecule has 1 unspecified atom stereocenters. The Labute approximate surface area is 55.9 Å². The number of quaternary nitrogens is 1. The summed E-state index contributed by atoms with van der Waals surface area (Å²) in [4.78, 5) is 10.8. The van der Waals surface area contributed by atoms with Crippen LogP contribution in [0.3, 0.4) is 0 Å². The second-order valence-corrected chi connectivity index (χ2v) is 4.76. The van der Waals surface area contributed by atoms with Crippen LogP contribution in [-0.2, 0) is 4.57 Å². The van der Waals surface area contributed by atoms with Crippen LogP contribution in [0, 0.1) is 0 Å². The fourth-order valence-corrected chi connectivity index (χ4v) is 1.45. The van der Waals surface area contributed by atoms with Crippen LogP contribution >= 0.6 is 7.37 Å². The normalized spacial score (nSPS) is 17.2. The summed E-state index contributed by atoms with van der Waals surface area (Å²) in [5.41, 5.74) is 0. The Morgan fingerprint density at radius 3 is 2.56 bits per heavy atom. The van der Waals surface area contributed by atoms with Crippen molar-refractivity contribution in [2.45, 2.75) is 6.92 Å². The van der Waals surface area contributed by atoms with E-state index in [1.165, 1.54) is 0 Å². The molecule has 3 nitrogen and oxygen atoms in total. The van der Waals surface area contributed by atoms with Crippen molar-refractivity contribution in [2.75, 3.05) is 25.9 Å². The van der Waals surface area contributed by atoms with Crippen LogP contribution in [0.15, 0.2) is 0 Å². The Balaban J connectivity index is 3.46. The third-order valence-corrected chi connectivity index (χ3v) is 3.14. The second kappa shape index (κ2) is 4.04. The predicted molar refractivity (Wildman–Crippen MR) is 35.7 cm³/mol. The zero-order valence-electron chi connectivity index (χ0n) is 5.96. The molecule has 0 aliphatic heterocycles. The summed E-state index contributed by atoms with van der Waals surface area (Å²) >= 11 is 0. The van der Waals surface area contributed by atoms with Gasteiger partial charge in [0.2, 0.25) is 0 Å². The van der Waals surface area contributed by atoms with E-state index in [1.807, 2.05) is 12.4 Å². The summed E-state index contributed by atoms with van der Waals surface area (Å²) in [5.74, 6) is 0. The molecule has 0 aromatic carbocycles. The minimum Gasteiger partial charge on any atom is -0.799 e. The number of rotatable bonds is 4. The van der Waals surface area contributed by atoms with Crippen LogP contribution in [0.4, 0.5) is 0 Å². The molecule has 9 heavy (non-hydrogen) atoms. The van der Waals surface area contributed by atoms with Gasteiger partial charge in [-0.2, -0.15) is 0 Å². The first-order valence-electron chi connectivity index (χ1n) is 3.19. The van der Waals surface area contributed by atoms with E-state index in [2.05, 4.69) is 0 Å². The Bertz CT molecular complexity index is 116. The molecule has 1 atom stereocenters. The van der Waals surface area contributed by atoms with Gasteiger partial charge in [-0.1, -0.05) is 6.92 Å². The molecule has 0 heterocycles. The molecule has 0 aromatic rings. The van der Waals surface area contributed by atoms with E-state index < -0.39 is 7.37 Å². The number of hydrogen-bond acceptors (Lipinski definition) is 2. The Hall–Kier alpha value is 0.150. The van der Waals surface area contributed by atoms with Crippen molar-refractivity contribution in [2.24, 2.45) is 0 Å². The van der Waals surface area contributed by atoms with E-state index in [-0.39, 0.29) is 0 Å². The van der Waals surface area contributed by atoms with Gasteiger partial charge in [-0.15, -0.1) is 0 Å². The van der Waals surface area contributed by atoms with Gasteiger partial charge in [-0.25, -0.2) is 0 Å². The predicted octanol–water partition coefficient (Wildman–Crippen LogP) is -1.16. The van der Waals surface area contributed by atoms with Gasteiger partial charge >= 0.3 is 0 Å². The van der Waals surface area contributed by atoms with Gasteiger partial charge in [0.25, 0.3) is 0 Å². The largest absolute Gasteiger partial charge is 0.799 e. The van der Waals surface area contributed by atoms with Crippen molar-refractivity contribution in [3.63, 3.8) is 0 Å². The molecule has 4 heteroatoms. The molecule has 0 aromatic heterocycles. The highest BCUT2D eigenvalue weighted by Gasteiger charge is 2.02. The first-order chi connectivity index (χ1) is 4.12. The molecule has 0 radical (unpaired) electrons. The summed E-state index contributed by atoms with van der Waals surface area (Å²) in [7, 11) is -1.10. The maximum absolute atomic E-state index is 10.8. The highest BCUT2D eigenvalue weighted by atomic mass is 31.2. The molecule has 0 spiro atoms. The van der Waals surface area contributed by atoms with Gasteiger partial charge < -0.3 is 14.8 Å². The van der Waals surface area contributed by atoms with Crippen LogP contribution in [0.5, 0.6) is 0 Å². The molecule has 0 amide bonds. The van der Waals surface area contributed by atoms with Gasteiger partial charge in [0.1, 0.15) is 0 Å². The average Bonchev–Trinajstić information content (AvgIpc) is 1.84. The second-order valence-electron chi connectivity index (χ2n) is 2.05. The lowest BCUT2D eigenvalue weighted by Gasteiger charge is -2.19. The quantitative estimate of drug-likeness (QED) is 0.515. The zero-order valence-corrected chi connectivity index (χ0v) is 6.86. The van der Waals surface area contributed by atoms with Gasteiger partial charge in [0, 0.05) is 13.5 Å². The van der Waals surface area contributed by atoms with Crippen LogP contribution in [0.25, 0.3) is 0 Å². The topological polar surface area (TPSA) is 56.7 Å². The van der Waals surface area contributed by atoms with Crippen molar-refractivity contribution in [1.29, 1.82) is 0 Å². The van der Waals surface area contributed by atoms with Crippen molar-refractivity contribution in [3.8, 4) is 0 Å². The zero-order chi connectivity index (χ0) is 7.33. The number of hydrogen-bond donors (Lipinski definition) is 1. The lowest BCUT2D eigenvalue weighted by molar-refractivity contribution is -0.623. The van der Waals surface area contributed by atoms with Gasteiger partial charge in [0.15, 0.2) is 0 Å². The van der Waals surface area contributed by atoms with Gasteiger partial charge in [-0.3, -0.25) is 0 Å². The summed E-state index contributed by atoms with van der Waals surface area (Å²) in [6.07, 6.45) is 0.626. The van der Waals surface area contributed by atoms with Crippen molar-refractivity contribution < 1.29 is 14.8 Å². The highest BCUT2D eigenvalue weighted by Crippen LogP contribution is 2.32. The van der Waals surface area contributed by atoms with Crippen LogP contribution < -0.4 is 10.2 Å². The lowest BCUT2D eigenvalue weighted by atomic mass is 10.8. The Morgan fingerprint density at radius 2 is 2.22 bits per heavy atom. The minimum atomic E-state index is -2.97. The number of nitrogens with two attached hydrogens (primary N) is 1. The molecule has 56 valence electrons. The van der Waals surface area contributed by atoms with Crippen LogP contribution in [0.2, 0.25) is 0 Å². The summed E-state index contributed by atoms with van der Waals surface area (Å²) in [6.45, 7) is 2.37. The lowest BCUT2D eigenvalue weighted by Crippen LogP contribution is -2.80. The van der Waals surface area contributed by atoms with E-state index in [4.69, 9.17) is 0 Å². The molecule has 0 aliphatic rings. The molecule has 0 bridgehead atoms. The smallest absolute Gasteiger partial charge is 0.0811 e. The van der Waals surface area contributed by atoms with Crippen molar-refractivity contribution >= 4 is 7.37 Å². The highest BCUT2D eigenvalue weighted by molar-refractivity contribution is 7.56. The van der Waals surface area contributed by atoms with Gasteiger partial charge in [0.05, 0.1) is 13.6 Å². The van der Waals surface area contributed by atoms with Crippen molar-refractivity contribution in [1.82, 2.24) is 0 Å². The molecule has 2 N–H and O–H groups in total. The van der Waals surface area contributed by atoms with Crippen LogP contribution in [0.1, 0.15) is 6.92 Å². The fourth-order valence-electron chi connectivity index (χ4n) is 0.484. The molecule has 0 rings (SSSR count). The van der Waals surface area contributed by atoms with Crippen molar-refractivity contribution in [3.05, 3.63) is 0 Å². The molecule has 0 saturated heterocycles. The summed E-state index contributed by atoms with van der Waals surface area (Å²) in [5, 5.41) is 1.88. The third kappa shape index (κ3) is 4.64. The maximum atomic E-state index is 10.8. The Kier molecular flexibility index (Phi) is 4.11. The SMILES string of the molecule is CCP(=O)([O-])CC[NH2+]C. The molecule has 0 saturated carbocycles. The van der Waals surface area contributed by atoms with E-state index in [9.17, 15) is 9.46 Å². The molecular weight excluding hydrogens is 137 g/mol. The molecular formula is C5H14NO2P. The van der Waals surface area contributed by atoms with E-state index in [0.29, 0.717) is 18.9 Å². The first kappa shape index (κ1) is 9.15. The first-order valence-corrected chi connectivity index (χ1v) is 5.19. The summed E-state index contributed by atoms with van der Waals surface area (Å²) in [6, 6.07) is 0. The molecule has 0 aliphatic carbocycles. The summed E-state index contributed by atoms with van der Waals surface area (Å²) < 4.78 is 10.8. The van der Waals surface area contributed by atoms with Crippen LogP contribution in [-0.4, -0.2) is 25.9 Å². The average molecular weight is 151 g/mol. The van der Waals surface area contributed by atoms with E-state index >= 15 is 0 Å². The monoisotopic (exact) mass is 151 g/mol. The minimum absolute atomic E-state index is 0.292. The molecule has 0 fully saturated rings. The van der Waals surface area contributed by atoms with E-state index in [1.54, 1.807) is 6.92 Å². The maximum Gasteiger partial charge on any atom is 0.0811 e. The standard InChI is InChI=1S/C5H14NO2P/c1-3-9(7,8)5-4-6-2/h6H,3-5H2,1-2H3,(H,7,8). The van der Waals surface area contributed by atoms with Gasteiger partial charge in [-0.05, 0) is 6.16 Å². The Morgan fingerprint density at radius 1 is 1.67 bits per heavy atom. The fraction of sp³-hybridized carbons (Fsp3) is 1.00.